The van der Waals surface area contributed by atoms with E-state index in [9.17, 15) is 4.79 Å². The van der Waals surface area contributed by atoms with E-state index < -0.39 is 0 Å². The van der Waals surface area contributed by atoms with Crippen LogP contribution in [0.5, 0.6) is 5.75 Å². The van der Waals surface area contributed by atoms with Crippen LogP contribution in [-0.4, -0.2) is 50.1 Å². The lowest BCUT2D eigenvalue weighted by atomic mass is 10.1. The average molecular weight is 358 g/mol. The van der Waals surface area contributed by atoms with Crippen LogP contribution in [0, 0.1) is 5.92 Å². The van der Waals surface area contributed by atoms with Crippen LogP contribution < -0.4 is 15.4 Å². The van der Waals surface area contributed by atoms with Crippen molar-refractivity contribution in [2.75, 3.05) is 27.2 Å². The number of nitrogens with zero attached hydrogens (tertiary/aromatic N) is 2. The summed E-state index contributed by atoms with van der Waals surface area (Å²) < 4.78 is 5.26. The Morgan fingerprint density at radius 2 is 2.12 bits per heavy atom. The van der Waals surface area contributed by atoms with Gasteiger partial charge in [0.05, 0.1) is 7.11 Å². The summed E-state index contributed by atoms with van der Waals surface area (Å²) >= 11 is 0. The lowest BCUT2D eigenvalue weighted by Gasteiger charge is -2.21. The first-order valence-corrected chi connectivity index (χ1v) is 9.58. The van der Waals surface area contributed by atoms with Crippen molar-refractivity contribution in [2.45, 2.75) is 44.7 Å². The predicted octanol–water partition coefficient (Wildman–Crippen LogP) is 2.15. The number of carbonyl (C=O) groups is 1. The second-order valence-electron chi connectivity index (χ2n) is 7.17. The van der Waals surface area contributed by atoms with E-state index in [2.05, 4.69) is 21.7 Å². The van der Waals surface area contributed by atoms with Gasteiger partial charge in [-0.15, -0.1) is 0 Å². The van der Waals surface area contributed by atoms with E-state index in [1.165, 1.54) is 12.8 Å². The molecule has 142 valence electrons. The van der Waals surface area contributed by atoms with Gasteiger partial charge in [-0.2, -0.15) is 0 Å². The molecule has 1 saturated carbocycles. The van der Waals surface area contributed by atoms with Crippen molar-refractivity contribution < 1.29 is 9.53 Å². The molecule has 1 heterocycles. The molecule has 0 bridgehead atoms. The van der Waals surface area contributed by atoms with Gasteiger partial charge in [0.25, 0.3) is 0 Å². The minimum absolute atomic E-state index is 0.261. The molecule has 2 fully saturated rings. The maximum Gasteiger partial charge on any atom is 0.225 e. The van der Waals surface area contributed by atoms with Gasteiger partial charge in [0, 0.05) is 38.6 Å². The Bertz CT molecular complexity index is 640. The molecular weight excluding hydrogens is 328 g/mol. The highest BCUT2D eigenvalue weighted by molar-refractivity contribution is 5.81. The highest BCUT2D eigenvalue weighted by atomic mass is 16.5. The number of benzene rings is 1. The third-order valence-electron chi connectivity index (χ3n) is 5.36. The molecule has 1 aromatic rings. The quantitative estimate of drug-likeness (QED) is 0.625. The van der Waals surface area contributed by atoms with Gasteiger partial charge in [0.1, 0.15) is 5.75 Å². The second-order valence-corrected chi connectivity index (χ2v) is 7.17. The Kier molecular flexibility index (Phi) is 6.36. The Balaban J connectivity index is 1.47. The van der Waals surface area contributed by atoms with Crippen LogP contribution in [-0.2, 0) is 11.3 Å². The van der Waals surface area contributed by atoms with Crippen molar-refractivity contribution in [1.82, 2.24) is 15.5 Å². The van der Waals surface area contributed by atoms with Gasteiger partial charge in [0.2, 0.25) is 5.91 Å². The number of hydrogen-bond acceptors (Lipinski definition) is 3. The molecular formula is C20H30N4O2. The van der Waals surface area contributed by atoms with Crippen LogP contribution in [0.2, 0.25) is 0 Å². The molecule has 0 aromatic heterocycles. The zero-order chi connectivity index (χ0) is 18.4. The van der Waals surface area contributed by atoms with Gasteiger partial charge in [-0.3, -0.25) is 9.79 Å². The predicted molar refractivity (Wildman–Crippen MR) is 103 cm³/mol. The maximum absolute atomic E-state index is 12.6. The zero-order valence-corrected chi connectivity index (χ0v) is 15.8. The number of likely N-dealkylation sites (tertiary alicyclic amines) is 1. The number of methoxy groups -OCH3 is 1. The molecule has 1 amide bonds. The van der Waals surface area contributed by atoms with Crippen LogP contribution in [0.4, 0.5) is 0 Å². The summed E-state index contributed by atoms with van der Waals surface area (Å²) in [4.78, 5) is 18.9. The Morgan fingerprint density at radius 1 is 1.31 bits per heavy atom. The van der Waals surface area contributed by atoms with Crippen LogP contribution in [0.25, 0.3) is 0 Å². The minimum atomic E-state index is 0.261. The first-order chi connectivity index (χ1) is 12.7. The van der Waals surface area contributed by atoms with Crippen molar-refractivity contribution >= 4 is 11.9 Å². The topological polar surface area (TPSA) is 66.0 Å². The van der Waals surface area contributed by atoms with E-state index >= 15 is 0 Å². The van der Waals surface area contributed by atoms with Crippen LogP contribution in [0.15, 0.2) is 29.3 Å². The number of guanidine groups is 1. The van der Waals surface area contributed by atoms with Gasteiger partial charge >= 0.3 is 0 Å². The molecule has 1 aromatic carbocycles. The third-order valence-corrected chi connectivity index (χ3v) is 5.36. The highest BCUT2D eigenvalue weighted by Crippen LogP contribution is 2.27. The van der Waals surface area contributed by atoms with Crippen molar-refractivity contribution in [3.05, 3.63) is 29.8 Å². The minimum Gasteiger partial charge on any atom is -0.497 e. The van der Waals surface area contributed by atoms with E-state index in [4.69, 9.17) is 4.74 Å². The smallest absolute Gasteiger partial charge is 0.225 e. The molecule has 2 N–H and O–H groups in total. The van der Waals surface area contributed by atoms with E-state index in [0.29, 0.717) is 12.5 Å². The molecule has 2 aliphatic rings. The number of carbonyl (C=O) groups excluding carboxylic acids is 1. The standard InChI is InChI=1S/C20H30N4O2/c1-21-20(22-13-15-6-5-9-18(12-15)26-2)23-17-10-11-24(14-17)19(25)16-7-3-4-8-16/h5-6,9,12,16-17H,3-4,7-8,10-11,13-14H2,1-2H3,(H2,21,22,23). The van der Waals surface area contributed by atoms with Gasteiger partial charge in [-0.1, -0.05) is 25.0 Å². The summed E-state index contributed by atoms with van der Waals surface area (Å²) in [6, 6.07) is 8.25. The summed E-state index contributed by atoms with van der Waals surface area (Å²) in [7, 11) is 3.45. The van der Waals surface area contributed by atoms with E-state index in [1.54, 1.807) is 14.2 Å². The van der Waals surface area contributed by atoms with Crippen LogP contribution in [0.3, 0.4) is 0 Å². The zero-order valence-electron chi connectivity index (χ0n) is 15.8. The summed E-state index contributed by atoms with van der Waals surface area (Å²) in [5.41, 5.74) is 1.14. The molecule has 0 radical (unpaired) electrons. The highest BCUT2D eigenvalue weighted by Gasteiger charge is 2.32. The second kappa shape index (κ2) is 8.92. The summed E-state index contributed by atoms with van der Waals surface area (Å²) in [5.74, 6) is 2.24. The molecule has 1 atom stereocenters. The third kappa shape index (κ3) is 4.68. The molecule has 1 aliphatic heterocycles. The molecule has 26 heavy (non-hydrogen) atoms. The van der Waals surface area contributed by atoms with Crippen molar-refractivity contribution in [1.29, 1.82) is 0 Å². The lowest BCUT2D eigenvalue weighted by Crippen LogP contribution is -2.45. The van der Waals surface area contributed by atoms with Crippen LogP contribution >= 0.6 is 0 Å². The molecule has 0 spiro atoms. The molecule has 6 heteroatoms. The van der Waals surface area contributed by atoms with E-state index in [1.807, 2.05) is 23.1 Å². The molecule has 6 nitrogen and oxygen atoms in total. The van der Waals surface area contributed by atoms with Crippen molar-refractivity contribution in [3.63, 3.8) is 0 Å². The normalized spacial score (nSPS) is 21.1. The number of hydrogen-bond donors (Lipinski definition) is 2. The summed E-state index contributed by atoms with van der Waals surface area (Å²) in [6.07, 6.45) is 5.51. The molecule has 1 saturated heterocycles. The monoisotopic (exact) mass is 358 g/mol. The summed E-state index contributed by atoms with van der Waals surface area (Å²) in [6.45, 7) is 2.30. The van der Waals surface area contributed by atoms with E-state index in [0.717, 1.165) is 49.6 Å². The van der Waals surface area contributed by atoms with Crippen molar-refractivity contribution in [3.8, 4) is 5.75 Å². The van der Waals surface area contributed by atoms with Crippen molar-refractivity contribution in [2.24, 2.45) is 10.9 Å². The Labute approximate surface area is 156 Å². The number of nitrogens with one attached hydrogen (secondary N) is 2. The summed E-state index contributed by atoms with van der Waals surface area (Å²) in [5, 5.41) is 6.80. The fourth-order valence-electron chi connectivity index (χ4n) is 3.87. The lowest BCUT2D eigenvalue weighted by molar-refractivity contribution is -0.134. The van der Waals surface area contributed by atoms with E-state index in [-0.39, 0.29) is 12.0 Å². The van der Waals surface area contributed by atoms with Gasteiger partial charge < -0.3 is 20.3 Å². The molecule has 3 rings (SSSR count). The number of amides is 1. The van der Waals surface area contributed by atoms with Gasteiger partial charge in [-0.05, 0) is 37.0 Å². The first-order valence-electron chi connectivity index (χ1n) is 9.58. The number of ether oxygens (including phenoxy) is 1. The fraction of sp³-hybridized carbons (Fsp3) is 0.600. The number of aliphatic imine (C=N–C) groups is 1. The maximum atomic E-state index is 12.6. The largest absolute Gasteiger partial charge is 0.497 e. The fourth-order valence-corrected chi connectivity index (χ4v) is 3.87. The Hall–Kier alpha value is -2.24. The number of rotatable bonds is 5. The molecule has 1 unspecified atom stereocenters. The average Bonchev–Trinajstić information content (AvgIpc) is 3.36. The van der Waals surface area contributed by atoms with Gasteiger partial charge in [-0.25, -0.2) is 0 Å². The SMILES string of the molecule is CN=C(NCc1cccc(OC)c1)NC1CCN(C(=O)C2CCCC2)C1. The molecule has 1 aliphatic carbocycles. The van der Waals surface area contributed by atoms with Gasteiger partial charge in [0.15, 0.2) is 5.96 Å². The first kappa shape index (κ1) is 18.5. The Morgan fingerprint density at radius 3 is 2.85 bits per heavy atom. The van der Waals surface area contributed by atoms with Crippen LogP contribution in [0.1, 0.15) is 37.7 Å².